The maximum atomic E-state index is 12.9. The summed E-state index contributed by atoms with van der Waals surface area (Å²) in [6.45, 7) is 18.3. The van der Waals surface area contributed by atoms with Crippen LogP contribution in [0.25, 0.3) is 0 Å². The van der Waals surface area contributed by atoms with Gasteiger partial charge in [-0.2, -0.15) is 0 Å². The summed E-state index contributed by atoms with van der Waals surface area (Å²) >= 11 is 0. The first kappa shape index (κ1) is 22.9. The molecule has 3 nitrogen and oxygen atoms in total. The molecule has 0 saturated carbocycles. The molecule has 0 amide bonds. The molecular weight excluding hydrogens is 346 g/mol. The molecule has 1 fully saturated rings. The molecule has 0 radical (unpaired) electrons. The lowest BCUT2D eigenvalue weighted by Gasteiger charge is -2.56. The Hall–Kier alpha value is -1.35. The number of benzene rings is 1. The predicted molar refractivity (Wildman–Crippen MR) is 117 cm³/mol. The van der Waals surface area contributed by atoms with Crippen molar-refractivity contribution in [2.75, 3.05) is 0 Å². The molecule has 28 heavy (non-hydrogen) atoms. The maximum Gasteiger partial charge on any atom is 0.338 e. The van der Waals surface area contributed by atoms with Gasteiger partial charge >= 0.3 is 5.97 Å². The predicted octanol–water partition coefficient (Wildman–Crippen LogP) is 6.09. The average Bonchev–Trinajstić information content (AvgIpc) is 2.51. The second-order valence-corrected chi connectivity index (χ2v) is 10.6. The third kappa shape index (κ3) is 5.59. The Morgan fingerprint density at radius 2 is 1.61 bits per heavy atom. The first-order valence-corrected chi connectivity index (χ1v) is 11.0. The van der Waals surface area contributed by atoms with Crippen LogP contribution in [0.1, 0.15) is 85.0 Å². The van der Waals surface area contributed by atoms with Gasteiger partial charge in [0.1, 0.15) is 6.10 Å². The molecule has 158 valence electrons. The Morgan fingerprint density at radius 3 is 2.11 bits per heavy atom. The van der Waals surface area contributed by atoms with E-state index in [-0.39, 0.29) is 29.1 Å². The molecule has 1 heterocycles. The van der Waals surface area contributed by atoms with Gasteiger partial charge in [0.25, 0.3) is 0 Å². The fourth-order valence-corrected chi connectivity index (χ4v) is 5.94. The summed E-state index contributed by atoms with van der Waals surface area (Å²) in [5, 5.41) is 4.05. The van der Waals surface area contributed by atoms with Gasteiger partial charge < -0.3 is 10.1 Å². The van der Waals surface area contributed by atoms with Crippen molar-refractivity contribution in [1.82, 2.24) is 5.32 Å². The lowest BCUT2D eigenvalue weighted by molar-refractivity contribution is -0.0766. The maximum absolute atomic E-state index is 12.9. The number of ether oxygens (including phenoxy) is 1. The normalized spacial score (nSPS) is 30.8. The van der Waals surface area contributed by atoms with Gasteiger partial charge in [0.05, 0.1) is 5.56 Å². The Bertz CT molecular complexity index is 639. The number of carbonyl (C=O) groups excluding carboxylic acids is 1. The van der Waals surface area contributed by atoms with Crippen LogP contribution in [0.5, 0.6) is 0 Å². The van der Waals surface area contributed by atoms with Crippen LogP contribution >= 0.6 is 0 Å². The summed E-state index contributed by atoms with van der Waals surface area (Å²) in [6, 6.07) is 9.40. The highest BCUT2D eigenvalue weighted by Gasteiger charge is 2.52. The third-order valence-electron chi connectivity index (χ3n) is 6.05. The Morgan fingerprint density at radius 1 is 1.04 bits per heavy atom. The van der Waals surface area contributed by atoms with Gasteiger partial charge in [-0.1, -0.05) is 59.7 Å². The number of hydrogen-bond acceptors (Lipinski definition) is 3. The van der Waals surface area contributed by atoms with Crippen molar-refractivity contribution in [3.63, 3.8) is 0 Å². The SMILES string of the molecule is CC(C)CC1(C)CC(OC(=O)c2ccccc2)C(C(C)C)C(C)(CC(C)C)N1. The minimum atomic E-state index is -0.197. The van der Waals surface area contributed by atoms with Gasteiger partial charge in [0.2, 0.25) is 0 Å². The lowest BCUT2D eigenvalue weighted by Crippen LogP contribution is -2.69. The first-order valence-electron chi connectivity index (χ1n) is 11.0. The van der Waals surface area contributed by atoms with Gasteiger partial charge in [-0.15, -0.1) is 0 Å². The Kier molecular flexibility index (Phi) is 7.36. The quantitative estimate of drug-likeness (QED) is 0.576. The minimum absolute atomic E-state index is 0.0369. The van der Waals surface area contributed by atoms with E-state index in [0.717, 1.165) is 19.3 Å². The van der Waals surface area contributed by atoms with E-state index in [1.54, 1.807) is 0 Å². The standard InChI is InChI=1S/C25H41NO2/c1-17(2)14-24(7)16-21(28-23(27)20-12-10-9-11-13-20)22(19(5)6)25(8,26-24)15-18(3)4/h9-13,17-19,21-22,26H,14-16H2,1-8H3. The van der Waals surface area contributed by atoms with E-state index in [9.17, 15) is 4.79 Å². The van der Waals surface area contributed by atoms with Gasteiger partial charge in [-0.25, -0.2) is 4.79 Å². The third-order valence-corrected chi connectivity index (χ3v) is 6.05. The number of carbonyl (C=O) groups is 1. The molecule has 1 aliphatic rings. The fraction of sp³-hybridized carbons (Fsp3) is 0.720. The van der Waals surface area contributed by atoms with Crippen LogP contribution in [0, 0.1) is 23.7 Å². The molecular formula is C25H41NO2. The highest BCUT2D eigenvalue weighted by molar-refractivity contribution is 5.89. The molecule has 4 atom stereocenters. The topological polar surface area (TPSA) is 38.3 Å². The molecule has 1 aromatic rings. The summed E-state index contributed by atoms with van der Waals surface area (Å²) in [6.07, 6.45) is 2.93. The number of rotatable bonds is 7. The van der Waals surface area contributed by atoms with Crippen molar-refractivity contribution in [2.24, 2.45) is 23.7 Å². The number of nitrogens with one attached hydrogen (secondary N) is 1. The highest BCUT2D eigenvalue weighted by atomic mass is 16.5. The number of hydrogen-bond donors (Lipinski definition) is 1. The molecule has 0 aromatic heterocycles. The van der Waals surface area contributed by atoms with Crippen LogP contribution in [0.15, 0.2) is 30.3 Å². The largest absolute Gasteiger partial charge is 0.458 e. The van der Waals surface area contributed by atoms with Gasteiger partial charge in [-0.05, 0) is 56.6 Å². The van der Waals surface area contributed by atoms with Crippen LogP contribution in [0.3, 0.4) is 0 Å². The van der Waals surface area contributed by atoms with E-state index in [2.05, 4.69) is 60.7 Å². The van der Waals surface area contributed by atoms with E-state index in [4.69, 9.17) is 4.74 Å². The molecule has 3 heteroatoms. The van der Waals surface area contributed by atoms with Crippen LogP contribution in [-0.4, -0.2) is 23.2 Å². The van der Waals surface area contributed by atoms with Gasteiger partial charge in [-0.3, -0.25) is 0 Å². The summed E-state index contributed by atoms with van der Waals surface area (Å²) in [7, 11) is 0. The van der Waals surface area contributed by atoms with Crippen molar-refractivity contribution in [1.29, 1.82) is 0 Å². The zero-order valence-corrected chi connectivity index (χ0v) is 19.2. The summed E-state index contributed by atoms with van der Waals surface area (Å²) in [5.74, 6) is 1.67. The average molecular weight is 388 g/mol. The smallest absolute Gasteiger partial charge is 0.338 e. The van der Waals surface area contributed by atoms with Crippen LogP contribution in [-0.2, 0) is 4.74 Å². The van der Waals surface area contributed by atoms with Gasteiger partial charge in [0.15, 0.2) is 0 Å². The van der Waals surface area contributed by atoms with Crippen LogP contribution in [0.2, 0.25) is 0 Å². The molecule has 1 saturated heterocycles. The molecule has 2 rings (SSSR count). The van der Waals surface area contributed by atoms with Crippen LogP contribution in [0.4, 0.5) is 0 Å². The molecule has 0 spiro atoms. The van der Waals surface area contributed by atoms with E-state index >= 15 is 0 Å². The molecule has 1 aromatic carbocycles. The van der Waals surface area contributed by atoms with E-state index in [1.165, 1.54) is 0 Å². The Balaban J connectivity index is 2.38. The second kappa shape index (κ2) is 8.98. The summed E-state index contributed by atoms with van der Waals surface area (Å²) in [5.41, 5.74) is 0.538. The van der Waals surface area contributed by atoms with Gasteiger partial charge in [0, 0.05) is 23.4 Å². The highest BCUT2D eigenvalue weighted by Crippen LogP contribution is 2.44. The zero-order chi connectivity index (χ0) is 21.1. The Labute approximate surface area is 172 Å². The molecule has 0 bridgehead atoms. The van der Waals surface area contributed by atoms with Crippen molar-refractivity contribution in [2.45, 2.75) is 91.8 Å². The summed E-state index contributed by atoms with van der Waals surface area (Å²) < 4.78 is 6.23. The molecule has 1 N–H and O–H groups in total. The number of esters is 1. The molecule has 4 unspecified atom stereocenters. The van der Waals surface area contributed by atoms with Crippen molar-refractivity contribution in [3.05, 3.63) is 35.9 Å². The summed E-state index contributed by atoms with van der Waals surface area (Å²) in [4.78, 5) is 12.9. The minimum Gasteiger partial charge on any atom is -0.458 e. The second-order valence-electron chi connectivity index (χ2n) is 10.6. The first-order chi connectivity index (χ1) is 13.0. The van der Waals surface area contributed by atoms with Crippen molar-refractivity contribution >= 4 is 5.97 Å². The van der Waals surface area contributed by atoms with Crippen LogP contribution < -0.4 is 5.32 Å². The van der Waals surface area contributed by atoms with E-state index in [1.807, 2.05) is 30.3 Å². The van der Waals surface area contributed by atoms with E-state index < -0.39 is 0 Å². The lowest BCUT2D eigenvalue weighted by atomic mass is 9.63. The van der Waals surface area contributed by atoms with Crippen molar-refractivity contribution < 1.29 is 9.53 Å². The monoisotopic (exact) mass is 387 g/mol. The molecule has 1 aliphatic heterocycles. The molecule has 0 aliphatic carbocycles. The van der Waals surface area contributed by atoms with Crippen molar-refractivity contribution in [3.8, 4) is 0 Å². The number of piperidine rings is 1. The van der Waals surface area contributed by atoms with E-state index in [0.29, 0.717) is 23.3 Å². The zero-order valence-electron chi connectivity index (χ0n) is 19.2. The fourth-order valence-electron chi connectivity index (χ4n) is 5.94.